The van der Waals surface area contributed by atoms with Crippen LogP contribution in [-0.2, 0) is 17.9 Å². The topological polar surface area (TPSA) is 60.1 Å². The van der Waals surface area contributed by atoms with Gasteiger partial charge in [-0.05, 0) is 49.6 Å². The summed E-state index contributed by atoms with van der Waals surface area (Å²) in [5, 5.41) is 7.57. The number of hydrogen-bond donors (Lipinski definition) is 1. The van der Waals surface area contributed by atoms with Crippen molar-refractivity contribution >= 4 is 5.91 Å². The third-order valence-corrected chi connectivity index (χ3v) is 4.93. The highest BCUT2D eigenvalue weighted by molar-refractivity contribution is 5.82. The van der Waals surface area contributed by atoms with Crippen LogP contribution >= 0.6 is 0 Å². The molecule has 0 radical (unpaired) electrons. The summed E-state index contributed by atoms with van der Waals surface area (Å²) in [6.07, 6.45) is 2.54. The lowest BCUT2D eigenvalue weighted by molar-refractivity contribution is -0.122. The molecule has 1 aliphatic rings. The average Bonchev–Trinajstić information content (AvgIpc) is 3.10. The minimum atomic E-state index is 0.0408. The Morgan fingerprint density at radius 3 is 2.81 bits per heavy atom. The molecule has 1 aromatic carbocycles. The lowest BCUT2D eigenvalue weighted by atomic mass is 10.1. The maximum Gasteiger partial charge on any atom is 0.224 e. The number of carbonyl (C=O) groups is 1. The van der Waals surface area contributed by atoms with Crippen LogP contribution < -0.4 is 5.32 Å². The first-order valence-electron chi connectivity index (χ1n) is 9.00. The summed E-state index contributed by atoms with van der Waals surface area (Å²) in [5.74, 6) is 1.30. The quantitative estimate of drug-likeness (QED) is 0.740. The Labute approximate surface area is 153 Å². The Balaban J connectivity index is 1.34. The molecule has 134 valence electrons. The molecule has 0 spiro atoms. The monoisotopic (exact) mass is 349 g/mol. The van der Waals surface area contributed by atoms with Crippen LogP contribution in [-0.4, -0.2) is 15.7 Å². The molecule has 5 heteroatoms. The number of amides is 1. The molecule has 2 heterocycles. The number of nitrogens with zero attached hydrogens (tertiary/aromatic N) is 2. The minimum Gasteiger partial charge on any atom is -0.469 e. The maximum absolute atomic E-state index is 12.3. The van der Waals surface area contributed by atoms with Gasteiger partial charge < -0.3 is 9.73 Å². The lowest BCUT2D eigenvalue weighted by Gasteiger charge is -2.09. The van der Waals surface area contributed by atoms with E-state index in [1.54, 1.807) is 6.26 Å². The van der Waals surface area contributed by atoms with E-state index in [4.69, 9.17) is 4.42 Å². The molecule has 0 saturated heterocycles. The number of benzene rings is 1. The van der Waals surface area contributed by atoms with Crippen LogP contribution in [0.2, 0.25) is 0 Å². The average molecular weight is 349 g/mol. The van der Waals surface area contributed by atoms with Crippen LogP contribution in [0.15, 0.2) is 53.1 Å². The second-order valence-electron chi connectivity index (χ2n) is 7.09. The summed E-state index contributed by atoms with van der Waals surface area (Å²) in [5.41, 5.74) is 4.47. The van der Waals surface area contributed by atoms with Crippen molar-refractivity contribution in [2.75, 3.05) is 0 Å². The van der Waals surface area contributed by atoms with Gasteiger partial charge in [-0.15, -0.1) is 0 Å². The summed E-state index contributed by atoms with van der Waals surface area (Å²) < 4.78 is 7.40. The van der Waals surface area contributed by atoms with Crippen molar-refractivity contribution in [2.45, 2.75) is 39.3 Å². The highest BCUT2D eigenvalue weighted by Crippen LogP contribution is 2.47. The molecule has 2 aromatic heterocycles. The van der Waals surface area contributed by atoms with Gasteiger partial charge in [0.25, 0.3) is 0 Å². The Hall–Kier alpha value is -2.82. The highest BCUT2D eigenvalue weighted by Gasteiger charge is 2.45. The van der Waals surface area contributed by atoms with Gasteiger partial charge >= 0.3 is 0 Å². The van der Waals surface area contributed by atoms with Crippen LogP contribution in [0.1, 0.15) is 40.6 Å². The summed E-state index contributed by atoms with van der Waals surface area (Å²) in [6, 6.07) is 14.2. The molecule has 2 atom stereocenters. The zero-order chi connectivity index (χ0) is 18.1. The third-order valence-electron chi connectivity index (χ3n) is 4.93. The Kier molecular flexibility index (Phi) is 4.37. The predicted octanol–water partition coefficient (Wildman–Crippen LogP) is 3.56. The van der Waals surface area contributed by atoms with Gasteiger partial charge in [-0.3, -0.25) is 9.48 Å². The summed E-state index contributed by atoms with van der Waals surface area (Å²) in [7, 11) is 0. The molecule has 1 fully saturated rings. The number of nitrogens with one attached hydrogen (secondary N) is 1. The van der Waals surface area contributed by atoms with Gasteiger partial charge in [0.15, 0.2) is 0 Å². The smallest absolute Gasteiger partial charge is 0.224 e. The standard InChI is InChI=1S/C21H23N3O2/c1-14-9-15(2)24(23-14)13-17-6-3-5-16(10-17)12-22-21(25)19-11-18(19)20-7-4-8-26-20/h3-10,18-19H,11-13H2,1-2H3,(H,22,25)/t18-,19+/m1/s1. The van der Waals surface area contributed by atoms with Crippen LogP contribution in [0.25, 0.3) is 0 Å². The van der Waals surface area contributed by atoms with Crippen molar-refractivity contribution in [2.24, 2.45) is 5.92 Å². The van der Waals surface area contributed by atoms with Gasteiger partial charge in [-0.1, -0.05) is 24.3 Å². The summed E-state index contributed by atoms with van der Waals surface area (Å²) >= 11 is 0. The van der Waals surface area contributed by atoms with Crippen LogP contribution in [0.5, 0.6) is 0 Å². The molecule has 3 aromatic rings. The van der Waals surface area contributed by atoms with E-state index in [1.807, 2.05) is 35.9 Å². The van der Waals surface area contributed by atoms with E-state index in [1.165, 1.54) is 5.56 Å². The lowest BCUT2D eigenvalue weighted by Crippen LogP contribution is -2.24. The van der Waals surface area contributed by atoms with Gasteiger partial charge in [0.2, 0.25) is 5.91 Å². The van der Waals surface area contributed by atoms with Crippen molar-refractivity contribution in [3.05, 3.63) is 77.0 Å². The number of aromatic nitrogens is 2. The van der Waals surface area contributed by atoms with Crippen molar-refractivity contribution in [1.29, 1.82) is 0 Å². The zero-order valence-corrected chi connectivity index (χ0v) is 15.1. The van der Waals surface area contributed by atoms with Gasteiger partial charge in [-0.25, -0.2) is 0 Å². The van der Waals surface area contributed by atoms with Gasteiger partial charge in [0.1, 0.15) is 5.76 Å². The SMILES string of the molecule is Cc1cc(C)n(Cc2cccc(CNC(=O)[C@H]3C[C@H]3c3ccco3)c2)n1. The first-order valence-corrected chi connectivity index (χ1v) is 9.00. The number of furan rings is 1. The molecule has 1 aliphatic carbocycles. The third kappa shape index (κ3) is 3.57. The van der Waals surface area contributed by atoms with E-state index in [2.05, 4.69) is 35.5 Å². The molecule has 0 aliphatic heterocycles. The molecular weight excluding hydrogens is 326 g/mol. The first kappa shape index (κ1) is 16.6. The number of carbonyl (C=O) groups excluding carboxylic acids is 1. The Bertz CT molecular complexity index is 911. The second kappa shape index (κ2) is 6.83. The molecular formula is C21H23N3O2. The summed E-state index contributed by atoms with van der Waals surface area (Å²) in [6.45, 7) is 5.36. The predicted molar refractivity (Wildman–Crippen MR) is 98.6 cm³/mol. The van der Waals surface area contributed by atoms with Crippen molar-refractivity contribution < 1.29 is 9.21 Å². The minimum absolute atomic E-state index is 0.0408. The molecule has 5 nitrogen and oxygen atoms in total. The van der Waals surface area contributed by atoms with Crippen LogP contribution in [0.3, 0.4) is 0 Å². The van der Waals surface area contributed by atoms with E-state index in [-0.39, 0.29) is 17.7 Å². The first-order chi connectivity index (χ1) is 12.6. The molecule has 1 N–H and O–H groups in total. The molecule has 4 rings (SSSR count). The fourth-order valence-electron chi connectivity index (χ4n) is 3.47. The number of rotatable bonds is 6. The van der Waals surface area contributed by atoms with E-state index in [9.17, 15) is 4.79 Å². The van der Waals surface area contributed by atoms with E-state index >= 15 is 0 Å². The van der Waals surface area contributed by atoms with Crippen molar-refractivity contribution in [1.82, 2.24) is 15.1 Å². The molecule has 1 amide bonds. The van der Waals surface area contributed by atoms with Gasteiger partial charge in [0.05, 0.1) is 18.5 Å². The maximum atomic E-state index is 12.3. The summed E-state index contributed by atoms with van der Waals surface area (Å²) in [4.78, 5) is 12.3. The Morgan fingerprint density at radius 1 is 1.23 bits per heavy atom. The van der Waals surface area contributed by atoms with Crippen molar-refractivity contribution in [3.63, 3.8) is 0 Å². The molecule has 1 saturated carbocycles. The van der Waals surface area contributed by atoms with Gasteiger partial charge in [0, 0.05) is 24.1 Å². The number of hydrogen-bond acceptors (Lipinski definition) is 3. The molecule has 0 unspecified atom stereocenters. The number of aryl methyl sites for hydroxylation is 2. The van der Waals surface area contributed by atoms with E-state index in [0.717, 1.165) is 35.7 Å². The fraction of sp³-hybridized carbons (Fsp3) is 0.333. The highest BCUT2D eigenvalue weighted by atomic mass is 16.3. The van der Waals surface area contributed by atoms with Crippen molar-refractivity contribution in [3.8, 4) is 0 Å². The Morgan fingerprint density at radius 2 is 2.08 bits per heavy atom. The van der Waals surface area contributed by atoms with Crippen LogP contribution in [0, 0.1) is 19.8 Å². The second-order valence-corrected chi connectivity index (χ2v) is 7.09. The largest absolute Gasteiger partial charge is 0.469 e. The normalized spacial score (nSPS) is 18.7. The van der Waals surface area contributed by atoms with Gasteiger partial charge in [-0.2, -0.15) is 5.10 Å². The fourth-order valence-corrected chi connectivity index (χ4v) is 3.47. The zero-order valence-electron chi connectivity index (χ0n) is 15.1. The molecule has 26 heavy (non-hydrogen) atoms. The van der Waals surface area contributed by atoms with E-state index < -0.39 is 0 Å². The molecule has 0 bridgehead atoms. The van der Waals surface area contributed by atoms with Crippen LogP contribution in [0.4, 0.5) is 0 Å². The van der Waals surface area contributed by atoms with E-state index in [0.29, 0.717) is 6.54 Å².